The molecular weight excluding hydrogens is 406 g/mol. The van der Waals surface area contributed by atoms with Crippen LogP contribution in [0, 0.1) is 0 Å². The van der Waals surface area contributed by atoms with Gasteiger partial charge in [0.1, 0.15) is 5.37 Å². The number of alkyl halides is 6. The minimum atomic E-state index is -4.46. The van der Waals surface area contributed by atoms with Gasteiger partial charge in [0, 0.05) is 0 Å². The van der Waals surface area contributed by atoms with Gasteiger partial charge < -0.3 is 0 Å². The van der Waals surface area contributed by atoms with Crippen LogP contribution < -0.4 is 0 Å². The van der Waals surface area contributed by atoms with Gasteiger partial charge in [-0.15, -0.1) is 11.8 Å². The molecule has 1 fully saturated rings. The van der Waals surface area contributed by atoms with Crippen molar-refractivity contribution in [3.63, 3.8) is 0 Å². The maximum absolute atomic E-state index is 12.7. The van der Waals surface area contributed by atoms with Crippen LogP contribution in [-0.4, -0.2) is 22.9 Å². The molecule has 10 heteroatoms. The van der Waals surface area contributed by atoms with Crippen molar-refractivity contribution in [1.82, 2.24) is 5.01 Å². The van der Waals surface area contributed by atoms with Crippen LogP contribution in [0.5, 0.6) is 0 Å². The van der Waals surface area contributed by atoms with E-state index in [0.29, 0.717) is 11.1 Å². The van der Waals surface area contributed by atoms with E-state index in [2.05, 4.69) is 5.10 Å². The first-order valence-electron chi connectivity index (χ1n) is 7.88. The lowest BCUT2D eigenvalue weighted by Crippen LogP contribution is -2.22. The zero-order chi connectivity index (χ0) is 20.5. The number of carbonyl (C=O) groups excluding carboxylic acids is 1. The molecule has 1 unspecified atom stereocenters. The van der Waals surface area contributed by atoms with E-state index in [9.17, 15) is 31.1 Å². The number of benzene rings is 2. The number of carbonyl (C=O) groups is 1. The quantitative estimate of drug-likeness (QED) is 0.499. The fourth-order valence-electron chi connectivity index (χ4n) is 2.50. The van der Waals surface area contributed by atoms with E-state index < -0.39 is 28.9 Å². The first kappa shape index (κ1) is 20.2. The van der Waals surface area contributed by atoms with Crippen LogP contribution in [0.3, 0.4) is 0 Å². The zero-order valence-electron chi connectivity index (χ0n) is 14.0. The number of amides is 1. The van der Waals surface area contributed by atoms with Gasteiger partial charge >= 0.3 is 12.4 Å². The van der Waals surface area contributed by atoms with Gasteiger partial charge in [-0.3, -0.25) is 4.79 Å². The maximum atomic E-state index is 12.7. The first-order valence-corrected chi connectivity index (χ1v) is 8.92. The number of halogens is 6. The van der Waals surface area contributed by atoms with Gasteiger partial charge in [-0.05, 0) is 35.4 Å². The number of nitrogens with zero attached hydrogens (tertiary/aromatic N) is 2. The summed E-state index contributed by atoms with van der Waals surface area (Å²) < 4.78 is 75.8. The molecule has 0 saturated carbocycles. The van der Waals surface area contributed by atoms with Crippen LogP contribution in [0.25, 0.3) is 0 Å². The van der Waals surface area contributed by atoms with E-state index >= 15 is 0 Å². The third kappa shape index (κ3) is 4.49. The lowest BCUT2D eigenvalue weighted by Gasteiger charge is -2.19. The highest BCUT2D eigenvalue weighted by Gasteiger charge is 2.35. The summed E-state index contributed by atoms with van der Waals surface area (Å²) in [6.45, 7) is 0. The Morgan fingerprint density at radius 1 is 0.893 bits per heavy atom. The van der Waals surface area contributed by atoms with Crippen LogP contribution >= 0.6 is 11.8 Å². The van der Waals surface area contributed by atoms with E-state index in [4.69, 9.17) is 0 Å². The molecule has 1 heterocycles. The second kappa shape index (κ2) is 7.50. The summed E-state index contributed by atoms with van der Waals surface area (Å²) in [6.07, 6.45) is -7.68. The monoisotopic (exact) mass is 418 g/mol. The van der Waals surface area contributed by atoms with Gasteiger partial charge in [0.25, 0.3) is 5.91 Å². The highest BCUT2D eigenvalue weighted by Crippen LogP contribution is 2.40. The number of hydrogen-bond donors (Lipinski definition) is 0. The number of rotatable bonds is 3. The molecule has 28 heavy (non-hydrogen) atoms. The molecule has 0 spiro atoms. The predicted molar refractivity (Wildman–Crippen MR) is 92.5 cm³/mol. The van der Waals surface area contributed by atoms with Crippen LogP contribution in [0.15, 0.2) is 53.6 Å². The molecule has 0 radical (unpaired) electrons. The highest BCUT2D eigenvalue weighted by molar-refractivity contribution is 8.00. The Labute approximate surface area is 160 Å². The maximum Gasteiger partial charge on any atom is 0.416 e. The lowest BCUT2D eigenvalue weighted by atomic mass is 10.1. The van der Waals surface area contributed by atoms with Crippen molar-refractivity contribution in [1.29, 1.82) is 0 Å². The van der Waals surface area contributed by atoms with Crippen molar-refractivity contribution in [3.05, 3.63) is 70.8 Å². The fourth-order valence-corrected chi connectivity index (χ4v) is 3.60. The van der Waals surface area contributed by atoms with Crippen molar-refractivity contribution < 1.29 is 31.1 Å². The minimum Gasteiger partial charge on any atom is -0.272 e. The van der Waals surface area contributed by atoms with Crippen molar-refractivity contribution in [2.45, 2.75) is 17.7 Å². The third-order valence-corrected chi connectivity index (χ3v) is 5.14. The molecular formula is C18H12F6N2OS. The largest absolute Gasteiger partial charge is 0.416 e. The summed E-state index contributed by atoms with van der Waals surface area (Å²) in [4.78, 5) is 12.1. The molecule has 0 aliphatic carbocycles. The summed E-state index contributed by atoms with van der Waals surface area (Å²) in [5.41, 5.74) is -0.789. The van der Waals surface area contributed by atoms with E-state index in [-0.39, 0.29) is 11.7 Å². The Balaban J connectivity index is 1.78. The molecule has 1 saturated heterocycles. The molecule has 1 atom stereocenters. The average Bonchev–Trinajstić information content (AvgIpc) is 2.99. The van der Waals surface area contributed by atoms with Crippen molar-refractivity contribution in [2.75, 3.05) is 5.75 Å². The van der Waals surface area contributed by atoms with E-state index in [1.54, 1.807) is 0 Å². The molecule has 2 aromatic carbocycles. The summed E-state index contributed by atoms with van der Waals surface area (Å²) in [6, 6.07) is 8.64. The van der Waals surface area contributed by atoms with Gasteiger partial charge in [0.05, 0.1) is 23.1 Å². The van der Waals surface area contributed by atoms with Gasteiger partial charge in [-0.1, -0.05) is 24.3 Å². The van der Waals surface area contributed by atoms with Gasteiger partial charge in [-0.25, -0.2) is 5.01 Å². The average molecular weight is 418 g/mol. The molecule has 2 aromatic rings. The Hall–Kier alpha value is -2.49. The first-order chi connectivity index (χ1) is 13.1. The van der Waals surface area contributed by atoms with Gasteiger partial charge in [0.2, 0.25) is 0 Å². The molecule has 3 nitrogen and oxygen atoms in total. The highest BCUT2D eigenvalue weighted by atomic mass is 32.2. The summed E-state index contributed by atoms with van der Waals surface area (Å²) >= 11 is 1.20. The number of hydrazone groups is 1. The third-order valence-electron chi connectivity index (χ3n) is 3.93. The van der Waals surface area contributed by atoms with E-state index in [1.807, 2.05) is 0 Å². The summed E-state index contributed by atoms with van der Waals surface area (Å²) in [5, 5.41) is 4.54. The molecule has 1 aliphatic rings. The molecule has 1 aliphatic heterocycles. The molecule has 0 aromatic heterocycles. The Morgan fingerprint density at radius 2 is 1.39 bits per heavy atom. The lowest BCUT2D eigenvalue weighted by molar-refractivity contribution is -0.138. The van der Waals surface area contributed by atoms with Crippen LogP contribution in [0.1, 0.15) is 27.6 Å². The Bertz CT molecular complexity index is 875. The zero-order valence-corrected chi connectivity index (χ0v) is 14.8. The molecule has 148 valence electrons. The van der Waals surface area contributed by atoms with Gasteiger partial charge in [-0.2, -0.15) is 31.4 Å². The smallest absolute Gasteiger partial charge is 0.272 e. The SMILES string of the molecule is O=C1CSC(c2ccc(C(F)(F)F)cc2)N1/N=C/c1ccc(C(F)(F)F)cc1. The number of hydrogen-bond acceptors (Lipinski definition) is 3. The second-order valence-electron chi connectivity index (χ2n) is 5.89. The van der Waals surface area contributed by atoms with Crippen molar-refractivity contribution in [2.24, 2.45) is 5.10 Å². The van der Waals surface area contributed by atoms with Crippen LogP contribution in [0.2, 0.25) is 0 Å². The van der Waals surface area contributed by atoms with Crippen molar-refractivity contribution >= 4 is 23.9 Å². The minimum absolute atomic E-state index is 0.0933. The number of thioether (sulfide) groups is 1. The molecule has 0 N–H and O–H groups in total. The van der Waals surface area contributed by atoms with Crippen LogP contribution in [-0.2, 0) is 17.1 Å². The fraction of sp³-hybridized carbons (Fsp3) is 0.222. The Morgan fingerprint density at radius 3 is 1.89 bits per heavy atom. The standard InChI is InChI=1S/C18H12F6N2OS/c19-17(20,21)13-5-1-11(2-6-13)9-25-26-15(27)10-28-16(26)12-3-7-14(8-4-12)18(22,23)24/h1-9,16H,10H2/b25-9+. The predicted octanol–water partition coefficient (Wildman–Crippen LogP) is 5.33. The normalized spacial score (nSPS) is 18.3. The molecule has 3 rings (SSSR count). The van der Waals surface area contributed by atoms with E-state index in [0.717, 1.165) is 29.3 Å². The molecule has 0 bridgehead atoms. The Kier molecular flexibility index (Phi) is 5.42. The summed E-state index contributed by atoms with van der Waals surface area (Å²) in [5.74, 6) is -0.256. The summed E-state index contributed by atoms with van der Waals surface area (Å²) in [7, 11) is 0. The van der Waals surface area contributed by atoms with Crippen LogP contribution in [0.4, 0.5) is 26.3 Å². The van der Waals surface area contributed by atoms with Gasteiger partial charge in [0.15, 0.2) is 0 Å². The second-order valence-corrected chi connectivity index (χ2v) is 6.95. The topological polar surface area (TPSA) is 32.7 Å². The van der Waals surface area contributed by atoms with E-state index in [1.165, 1.54) is 42.2 Å². The van der Waals surface area contributed by atoms with Crippen molar-refractivity contribution in [3.8, 4) is 0 Å². The molecule has 1 amide bonds.